The number of carbonyl (C=O) groups excluding carboxylic acids is 3. The van der Waals surface area contributed by atoms with Crippen molar-refractivity contribution < 1.29 is 119 Å². The molecule has 2 aromatic carbocycles. The molecule has 0 radical (unpaired) electrons. The fourth-order valence-electron chi connectivity index (χ4n) is 12.0. The second-order valence-corrected chi connectivity index (χ2v) is 30.5. The zero-order chi connectivity index (χ0) is 74.9. The van der Waals surface area contributed by atoms with Crippen molar-refractivity contribution in [3.8, 4) is 0 Å². The van der Waals surface area contributed by atoms with Gasteiger partial charge in [0, 0.05) is 93.8 Å². The molecule has 3 aliphatic heterocycles. The van der Waals surface area contributed by atoms with Gasteiger partial charge in [0.25, 0.3) is 32.1 Å². The number of fused-ring (bicyclic) bond motifs is 3. The van der Waals surface area contributed by atoms with Crippen LogP contribution in [0.3, 0.4) is 0 Å². The van der Waals surface area contributed by atoms with Crippen molar-refractivity contribution in [1.29, 1.82) is 0 Å². The van der Waals surface area contributed by atoms with Gasteiger partial charge in [-0.2, -0.15) is 16.8 Å². The number of methoxy groups -OCH3 is 2. The summed E-state index contributed by atoms with van der Waals surface area (Å²) in [5.74, 6) is -2.61. The number of hydrogen-bond donors (Lipinski definition) is 2. The molecule has 1 unspecified atom stereocenters. The number of hydrogen-bond acceptors (Lipinski definition) is 25. The van der Waals surface area contributed by atoms with E-state index in [0.29, 0.717) is 165 Å². The Morgan fingerprint density at radius 2 is 1.08 bits per heavy atom. The summed E-state index contributed by atoms with van der Waals surface area (Å²) < 4.78 is 180. The van der Waals surface area contributed by atoms with Crippen LogP contribution in [0, 0.1) is 0 Å². The van der Waals surface area contributed by atoms with Crippen molar-refractivity contribution in [2.75, 3.05) is 194 Å². The largest absolute Gasteiger partial charge is 0.744 e. The molecule has 2 N–H and O–H groups in total. The number of rotatable bonds is 53. The molecule has 1 fully saturated rings. The molecule has 1 atom stereocenters. The molecule has 1 saturated heterocycles. The van der Waals surface area contributed by atoms with Crippen LogP contribution < -0.4 is 9.80 Å². The second kappa shape index (κ2) is 43.2. The van der Waals surface area contributed by atoms with E-state index in [9.17, 15) is 53.3 Å². The Hall–Kier alpha value is -5.73. The van der Waals surface area contributed by atoms with Crippen molar-refractivity contribution in [1.82, 2.24) is 5.06 Å². The molecular weight excluding hydrogens is 1410 g/mol. The fraction of sp³-hybridized carbons (Fsp3) is 0.634. The number of ether oxygens (including phenoxy) is 12. The summed E-state index contributed by atoms with van der Waals surface area (Å²) in [6, 6.07) is 9.83. The minimum Gasteiger partial charge on any atom is -0.744 e. The molecule has 0 saturated carbocycles. The van der Waals surface area contributed by atoms with Crippen LogP contribution in [0.2, 0.25) is 0 Å². The molecule has 4 heterocycles. The van der Waals surface area contributed by atoms with Crippen LogP contribution >= 0.6 is 0 Å². The zero-order valence-electron chi connectivity index (χ0n) is 60.4. The number of nitrogens with zero attached hydrogens (tertiary/aromatic N) is 3. The lowest BCUT2D eigenvalue weighted by Crippen LogP contribution is -2.52. The van der Waals surface area contributed by atoms with Gasteiger partial charge in [-0.1, -0.05) is 30.4 Å². The molecular formula is C71H105N3O26S3. The van der Waals surface area contributed by atoms with Gasteiger partial charge in [-0.3, -0.25) is 18.7 Å². The summed E-state index contributed by atoms with van der Waals surface area (Å²) in [6.45, 7) is 18.7. The quantitative estimate of drug-likeness (QED) is 0.0180. The average Bonchev–Trinajstić information content (AvgIpc) is 1.40. The van der Waals surface area contributed by atoms with Gasteiger partial charge in [-0.05, 0) is 115 Å². The van der Waals surface area contributed by atoms with Crippen molar-refractivity contribution in [2.24, 2.45) is 0 Å². The first-order valence-electron chi connectivity index (χ1n) is 34.7. The highest BCUT2D eigenvalue weighted by molar-refractivity contribution is 7.86. The van der Waals surface area contributed by atoms with Crippen molar-refractivity contribution in [2.45, 2.75) is 114 Å². The molecule has 578 valence electrons. The van der Waals surface area contributed by atoms with Crippen LogP contribution in [0.4, 0.5) is 11.4 Å². The summed E-state index contributed by atoms with van der Waals surface area (Å²) in [6.07, 6.45) is 11.8. The Balaban J connectivity index is 1.27. The smallest absolute Gasteiger partial charge is 0.362 e. The highest BCUT2D eigenvalue weighted by Gasteiger charge is 2.45. The van der Waals surface area contributed by atoms with E-state index in [4.69, 9.17) is 66.1 Å². The molecule has 1 aromatic heterocycles. The lowest BCUT2D eigenvalue weighted by Gasteiger charge is -2.48. The molecule has 3 aromatic rings. The Bertz CT molecular complexity index is 3620. The minimum absolute atomic E-state index is 0.0216. The Morgan fingerprint density at radius 3 is 1.54 bits per heavy atom. The summed E-state index contributed by atoms with van der Waals surface area (Å²) in [5.41, 5.74) is 2.69. The average molecular weight is 1510 g/mol. The summed E-state index contributed by atoms with van der Waals surface area (Å²) in [4.78, 5) is 46.1. The van der Waals surface area contributed by atoms with E-state index in [1.54, 1.807) is 44.3 Å². The minimum atomic E-state index is -4.97. The first kappa shape index (κ1) is 86.2. The molecule has 29 nitrogen and oxygen atoms in total. The van der Waals surface area contributed by atoms with Gasteiger partial charge in [0.2, 0.25) is 0 Å². The Labute approximate surface area is 606 Å². The van der Waals surface area contributed by atoms with Gasteiger partial charge in [-0.25, -0.2) is 17.6 Å². The standard InChI is InChI=1S/C71H105N3O26S3/c1-55-54-71(22-26-89-32-34-93-40-42-97-46-44-95-38-36-91-30-28-87-6,23-27-90-33-35-94-41-43-98-47-45-96-39-37-92-31-29-88-7)73(25-13-49-102(81,82)83)62-53-63-59(52-58(55)62)56(50-65(99-63)69(2,3)4)14-9-8-10-15-64-70(5,21-11-16-68(77)100-74-66(75)19-20-67(74)76)60-51-57(103(84,85)86)17-18-61(60)72(64)24-12-48-101(78,79)80/h8-10,14-15,17-18,50-54H,11-13,16,19-49H2,1-7H3,(H2-,78,79,80,81,82,83,84,85,86)/b10-8+,14-9+,64-15-. The number of allylic oxidation sites excluding steroid dienone is 6. The maximum atomic E-state index is 13.1. The molecule has 2 amide bonds. The van der Waals surface area contributed by atoms with Crippen molar-refractivity contribution >= 4 is 82.1 Å². The maximum Gasteiger partial charge on any atom is 0.362 e. The predicted octanol–water partition coefficient (Wildman–Crippen LogP) is 7.68. The Morgan fingerprint density at radius 1 is 0.602 bits per heavy atom. The van der Waals surface area contributed by atoms with Crippen molar-refractivity contribution in [3.63, 3.8) is 0 Å². The number of imide groups is 1. The number of hydroxylamine groups is 2. The van der Waals surface area contributed by atoms with E-state index >= 15 is 0 Å². The zero-order valence-corrected chi connectivity index (χ0v) is 62.9. The molecule has 0 aliphatic carbocycles. The van der Waals surface area contributed by atoms with Crippen LogP contribution in [0.15, 0.2) is 81.8 Å². The van der Waals surface area contributed by atoms with Gasteiger partial charge < -0.3 is 76.0 Å². The third-order valence-electron chi connectivity index (χ3n) is 17.2. The van der Waals surface area contributed by atoms with E-state index in [2.05, 4.69) is 11.0 Å². The first-order valence-corrected chi connectivity index (χ1v) is 39.3. The van der Waals surface area contributed by atoms with Crippen molar-refractivity contribution in [3.05, 3.63) is 94.9 Å². The lowest BCUT2D eigenvalue weighted by atomic mass is 9.77. The molecule has 0 spiro atoms. The fourth-order valence-corrected chi connectivity index (χ4v) is 13.5. The molecule has 3 aliphatic rings. The molecule has 32 heteroatoms. The summed E-state index contributed by atoms with van der Waals surface area (Å²) in [7, 11) is -10.5. The highest BCUT2D eigenvalue weighted by atomic mass is 32.2. The van der Waals surface area contributed by atoms with E-state index < -0.39 is 80.9 Å². The van der Waals surface area contributed by atoms with E-state index in [1.807, 2.05) is 58.0 Å². The van der Waals surface area contributed by atoms with E-state index in [-0.39, 0.29) is 84.5 Å². The van der Waals surface area contributed by atoms with Gasteiger partial charge >= 0.3 is 17.3 Å². The number of benzene rings is 2. The van der Waals surface area contributed by atoms with Crippen LogP contribution in [-0.2, 0) is 117 Å². The summed E-state index contributed by atoms with van der Waals surface area (Å²) >= 11 is 0. The van der Waals surface area contributed by atoms with Crippen LogP contribution in [0.5, 0.6) is 0 Å². The van der Waals surface area contributed by atoms with Gasteiger partial charge in [0.1, 0.15) is 10.1 Å². The number of amides is 2. The third-order valence-corrected chi connectivity index (χ3v) is 19.6. The van der Waals surface area contributed by atoms with Gasteiger partial charge in [-0.15, -0.1) is 5.06 Å². The monoisotopic (exact) mass is 1510 g/mol. The number of anilines is 2. The van der Waals surface area contributed by atoms with E-state index in [1.165, 1.54) is 12.1 Å². The van der Waals surface area contributed by atoms with Crippen LogP contribution in [-0.4, -0.2) is 251 Å². The topological polar surface area (TPSA) is 358 Å². The molecule has 6 rings (SSSR count). The third kappa shape index (κ3) is 28.8. The predicted molar refractivity (Wildman–Crippen MR) is 383 cm³/mol. The molecule has 0 bridgehead atoms. The molecule has 103 heavy (non-hydrogen) atoms. The van der Waals surface area contributed by atoms with Gasteiger partial charge in [0.05, 0.1) is 177 Å². The maximum absolute atomic E-state index is 13.1. The highest BCUT2D eigenvalue weighted by Crippen LogP contribution is 2.52. The normalized spacial score (nSPS) is 16.9. The Kier molecular flexibility index (Phi) is 36.1. The lowest BCUT2D eigenvalue weighted by molar-refractivity contribution is -0.197. The van der Waals surface area contributed by atoms with Crippen LogP contribution in [0.1, 0.15) is 115 Å². The van der Waals surface area contributed by atoms with E-state index in [0.717, 1.165) is 33.8 Å². The van der Waals surface area contributed by atoms with Crippen LogP contribution in [0.25, 0.3) is 22.6 Å². The first-order chi connectivity index (χ1) is 49.1. The van der Waals surface area contributed by atoms with Gasteiger partial charge in [0.15, 0.2) is 0 Å². The number of carbonyl (C=O) groups is 3. The SMILES string of the molecule is COCCOCCOCCOCCOCCOCCC1(CCOCCOCCOCCOCCOCCOC)C=C(C)c2cc3c(/C=C/C=C/C=C4\N(CCCS(=O)(=O)O)c5ccc(S(=O)(=O)[O-])cc5C4(C)CCCC(=O)ON4C(=O)CCC4=O)cc(C(C)(C)C)[o+]c3cc2N1CCCS(=O)(=O)O. The second-order valence-electron chi connectivity index (χ2n) is 26.0. The summed E-state index contributed by atoms with van der Waals surface area (Å²) in [5, 5.41) is 1.19.